The Morgan fingerprint density at radius 3 is 2.90 bits per heavy atom. The predicted molar refractivity (Wildman–Crippen MR) is 82.1 cm³/mol. The van der Waals surface area contributed by atoms with Crippen LogP contribution in [-0.4, -0.2) is 48.7 Å². The van der Waals surface area contributed by atoms with Crippen LogP contribution in [-0.2, 0) is 16.0 Å². The molecule has 0 spiro atoms. The van der Waals surface area contributed by atoms with Crippen LogP contribution >= 0.6 is 0 Å². The van der Waals surface area contributed by atoms with Gasteiger partial charge in [0.1, 0.15) is 6.10 Å². The van der Waals surface area contributed by atoms with Crippen molar-refractivity contribution in [2.45, 2.75) is 44.4 Å². The number of benzene rings is 1. The molecule has 1 aromatic carbocycles. The number of nitrogens with zero attached hydrogens (tertiary/aromatic N) is 1. The summed E-state index contributed by atoms with van der Waals surface area (Å²) in [7, 11) is 0. The van der Waals surface area contributed by atoms with E-state index in [1.54, 1.807) is 0 Å². The molecule has 1 aromatic rings. The van der Waals surface area contributed by atoms with Crippen molar-refractivity contribution in [2.75, 3.05) is 19.7 Å². The zero-order valence-corrected chi connectivity index (χ0v) is 12.6. The van der Waals surface area contributed by atoms with Crippen molar-refractivity contribution < 1.29 is 9.53 Å². The molecule has 0 aliphatic carbocycles. The molecule has 2 aliphatic heterocycles. The van der Waals surface area contributed by atoms with Gasteiger partial charge in [0.15, 0.2) is 0 Å². The van der Waals surface area contributed by atoms with Gasteiger partial charge in [0.2, 0.25) is 0 Å². The summed E-state index contributed by atoms with van der Waals surface area (Å²) in [5.74, 6) is 0.182. The minimum atomic E-state index is -0.214. The fraction of sp³-hybridized carbons (Fsp3) is 0.588. The first-order valence-electron chi connectivity index (χ1n) is 7.93. The van der Waals surface area contributed by atoms with Crippen LogP contribution in [0.2, 0.25) is 0 Å². The number of hydrogen-bond acceptors (Lipinski definition) is 3. The van der Waals surface area contributed by atoms with Crippen molar-refractivity contribution in [2.24, 2.45) is 0 Å². The number of carbonyl (C=O) groups excluding carboxylic acids is 1. The summed E-state index contributed by atoms with van der Waals surface area (Å²) in [4.78, 5) is 14.8. The number of rotatable bonds is 3. The quantitative estimate of drug-likeness (QED) is 0.918. The van der Waals surface area contributed by atoms with Crippen LogP contribution in [0.3, 0.4) is 0 Å². The Kier molecular flexibility index (Phi) is 4.56. The Balaban J connectivity index is 1.71. The van der Waals surface area contributed by atoms with E-state index in [1.165, 1.54) is 5.56 Å². The molecule has 3 unspecified atom stereocenters. The van der Waals surface area contributed by atoms with Crippen molar-refractivity contribution in [3.05, 3.63) is 35.9 Å². The molecule has 4 nitrogen and oxygen atoms in total. The lowest BCUT2D eigenvalue weighted by atomic mass is 10.00. The number of ether oxygens (including phenoxy) is 1. The molecular formula is C17H24N2O2. The fourth-order valence-electron chi connectivity index (χ4n) is 3.25. The number of hydrogen-bond donors (Lipinski definition) is 1. The van der Waals surface area contributed by atoms with E-state index >= 15 is 0 Å². The molecule has 0 radical (unpaired) electrons. The zero-order valence-electron chi connectivity index (χ0n) is 12.6. The van der Waals surface area contributed by atoms with Crippen LogP contribution in [0.15, 0.2) is 30.3 Å². The van der Waals surface area contributed by atoms with E-state index in [0.29, 0.717) is 6.04 Å². The smallest absolute Gasteiger partial charge is 0.252 e. The minimum absolute atomic E-state index is 0.182. The summed E-state index contributed by atoms with van der Waals surface area (Å²) in [5.41, 5.74) is 1.28. The molecule has 3 rings (SSSR count). The summed E-state index contributed by atoms with van der Waals surface area (Å²) in [6.07, 6.45) is 2.56. The molecule has 0 bridgehead atoms. The molecule has 0 saturated carbocycles. The van der Waals surface area contributed by atoms with Gasteiger partial charge in [-0.25, -0.2) is 0 Å². The van der Waals surface area contributed by atoms with Crippen molar-refractivity contribution in [1.82, 2.24) is 10.2 Å². The maximum absolute atomic E-state index is 12.7. The fourth-order valence-corrected chi connectivity index (χ4v) is 3.25. The summed E-state index contributed by atoms with van der Waals surface area (Å²) in [6, 6.07) is 11.0. The largest absolute Gasteiger partial charge is 0.368 e. The first kappa shape index (κ1) is 14.5. The summed E-state index contributed by atoms with van der Waals surface area (Å²) >= 11 is 0. The third kappa shape index (κ3) is 3.44. The molecule has 1 N–H and O–H groups in total. The maximum atomic E-state index is 12.7. The Bertz CT molecular complexity index is 471. The highest BCUT2D eigenvalue weighted by Gasteiger charge is 2.35. The van der Waals surface area contributed by atoms with E-state index in [0.717, 1.165) is 39.0 Å². The van der Waals surface area contributed by atoms with Gasteiger partial charge in [0.25, 0.3) is 5.91 Å². The normalized spacial score (nSPS) is 29.6. The first-order valence-corrected chi connectivity index (χ1v) is 7.93. The van der Waals surface area contributed by atoms with Gasteiger partial charge in [0, 0.05) is 31.8 Å². The Hall–Kier alpha value is -1.39. The lowest BCUT2D eigenvalue weighted by molar-refractivity contribution is -0.144. The molecule has 2 saturated heterocycles. The second-order valence-electron chi connectivity index (χ2n) is 6.15. The topological polar surface area (TPSA) is 41.6 Å². The highest BCUT2D eigenvalue weighted by Crippen LogP contribution is 2.20. The van der Waals surface area contributed by atoms with Crippen LogP contribution < -0.4 is 5.32 Å². The average molecular weight is 288 g/mol. The number of piperazine rings is 1. The number of nitrogens with one attached hydrogen (secondary N) is 1. The lowest BCUT2D eigenvalue weighted by Gasteiger charge is -2.40. The summed E-state index contributed by atoms with van der Waals surface area (Å²) in [5, 5.41) is 3.49. The maximum Gasteiger partial charge on any atom is 0.252 e. The van der Waals surface area contributed by atoms with Gasteiger partial charge in [-0.3, -0.25) is 4.79 Å². The van der Waals surface area contributed by atoms with E-state index < -0.39 is 0 Å². The zero-order chi connectivity index (χ0) is 14.7. The van der Waals surface area contributed by atoms with Crippen LogP contribution in [0.25, 0.3) is 0 Å². The minimum Gasteiger partial charge on any atom is -0.368 e. The van der Waals surface area contributed by atoms with Crippen molar-refractivity contribution in [3.8, 4) is 0 Å². The van der Waals surface area contributed by atoms with Gasteiger partial charge in [-0.1, -0.05) is 30.3 Å². The van der Waals surface area contributed by atoms with E-state index in [9.17, 15) is 4.79 Å². The second-order valence-corrected chi connectivity index (χ2v) is 6.15. The van der Waals surface area contributed by atoms with E-state index in [1.807, 2.05) is 11.0 Å². The highest BCUT2D eigenvalue weighted by atomic mass is 16.5. The van der Waals surface area contributed by atoms with Crippen molar-refractivity contribution >= 4 is 5.91 Å². The second kappa shape index (κ2) is 6.58. The molecular weight excluding hydrogens is 264 g/mol. The monoisotopic (exact) mass is 288 g/mol. The molecule has 1 amide bonds. The van der Waals surface area contributed by atoms with E-state index in [2.05, 4.69) is 36.5 Å². The van der Waals surface area contributed by atoms with Crippen molar-refractivity contribution in [3.63, 3.8) is 0 Å². The van der Waals surface area contributed by atoms with Gasteiger partial charge in [0.05, 0.1) is 0 Å². The van der Waals surface area contributed by atoms with Gasteiger partial charge < -0.3 is 15.0 Å². The highest BCUT2D eigenvalue weighted by molar-refractivity contribution is 5.81. The number of carbonyl (C=O) groups is 1. The van der Waals surface area contributed by atoms with Crippen LogP contribution in [0.4, 0.5) is 0 Å². The molecule has 21 heavy (non-hydrogen) atoms. The first-order chi connectivity index (χ1) is 10.2. The Labute approximate surface area is 126 Å². The van der Waals surface area contributed by atoms with Crippen LogP contribution in [0, 0.1) is 0 Å². The molecule has 3 atom stereocenters. The third-order valence-electron chi connectivity index (χ3n) is 4.42. The Morgan fingerprint density at radius 1 is 1.38 bits per heavy atom. The molecule has 2 aliphatic rings. The van der Waals surface area contributed by atoms with Gasteiger partial charge >= 0.3 is 0 Å². The van der Waals surface area contributed by atoms with Gasteiger partial charge in [-0.2, -0.15) is 0 Å². The van der Waals surface area contributed by atoms with Gasteiger partial charge in [-0.15, -0.1) is 0 Å². The Morgan fingerprint density at radius 2 is 2.19 bits per heavy atom. The van der Waals surface area contributed by atoms with Crippen LogP contribution in [0.5, 0.6) is 0 Å². The van der Waals surface area contributed by atoms with Crippen LogP contribution in [0.1, 0.15) is 25.3 Å². The molecule has 2 fully saturated rings. The van der Waals surface area contributed by atoms with Gasteiger partial charge in [-0.05, 0) is 31.7 Å². The number of amides is 1. The lowest BCUT2D eigenvalue weighted by Crippen LogP contribution is -2.60. The molecule has 4 heteroatoms. The molecule has 2 heterocycles. The van der Waals surface area contributed by atoms with E-state index in [-0.39, 0.29) is 18.1 Å². The standard InChI is InChI=1S/C17H24N2O2/c1-13-12-19(17(20)16-8-5-9-21-16)15(11-18-13)10-14-6-3-2-4-7-14/h2-4,6-7,13,15-16,18H,5,8-12H2,1H3. The summed E-state index contributed by atoms with van der Waals surface area (Å²) < 4.78 is 5.59. The average Bonchev–Trinajstić information content (AvgIpc) is 3.04. The summed E-state index contributed by atoms with van der Waals surface area (Å²) in [6.45, 7) is 4.49. The molecule has 0 aromatic heterocycles. The van der Waals surface area contributed by atoms with Crippen molar-refractivity contribution in [1.29, 1.82) is 0 Å². The SMILES string of the molecule is CC1CN(C(=O)C2CCCO2)C(Cc2ccccc2)CN1. The predicted octanol–water partition coefficient (Wildman–Crippen LogP) is 1.60. The third-order valence-corrected chi connectivity index (χ3v) is 4.42. The molecule has 114 valence electrons. The van der Waals surface area contributed by atoms with E-state index in [4.69, 9.17) is 4.74 Å².